The number of rotatable bonds is 3. The van der Waals surface area contributed by atoms with Crippen LogP contribution in [0.15, 0.2) is 24.3 Å². The number of aromatic nitrogens is 3. The van der Waals surface area contributed by atoms with E-state index < -0.39 is 5.91 Å². The van der Waals surface area contributed by atoms with E-state index in [4.69, 9.17) is 5.73 Å². The number of aromatic amines is 1. The quantitative estimate of drug-likeness (QED) is 0.871. The molecule has 3 N–H and O–H groups in total. The van der Waals surface area contributed by atoms with Crippen LogP contribution in [0.1, 0.15) is 16.9 Å². The Morgan fingerprint density at radius 3 is 2.64 bits per heavy atom. The van der Waals surface area contributed by atoms with E-state index in [1.165, 1.54) is 5.69 Å². The Balaban J connectivity index is 1.80. The number of hydrogen-bond acceptors (Lipinski definition) is 5. The molecule has 1 aliphatic rings. The molecule has 1 saturated heterocycles. The van der Waals surface area contributed by atoms with Crippen LogP contribution in [-0.4, -0.2) is 59.4 Å². The highest BCUT2D eigenvalue weighted by Gasteiger charge is 2.16. The van der Waals surface area contributed by atoms with Gasteiger partial charge in [0.15, 0.2) is 5.69 Å². The van der Waals surface area contributed by atoms with Crippen molar-refractivity contribution in [3.63, 3.8) is 0 Å². The van der Waals surface area contributed by atoms with Gasteiger partial charge in [-0.3, -0.25) is 4.79 Å². The van der Waals surface area contributed by atoms with Crippen molar-refractivity contribution in [2.45, 2.75) is 6.42 Å². The summed E-state index contributed by atoms with van der Waals surface area (Å²) in [5.41, 5.74) is 7.98. The number of nitrogens with one attached hydrogen (secondary N) is 1. The fourth-order valence-electron chi connectivity index (χ4n) is 2.74. The Labute approximate surface area is 129 Å². The van der Waals surface area contributed by atoms with Crippen molar-refractivity contribution in [1.82, 2.24) is 20.3 Å². The van der Waals surface area contributed by atoms with Gasteiger partial charge < -0.3 is 15.5 Å². The van der Waals surface area contributed by atoms with Crippen LogP contribution in [0.3, 0.4) is 0 Å². The Kier molecular flexibility index (Phi) is 4.06. The first-order chi connectivity index (χ1) is 10.6. The van der Waals surface area contributed by atoms with E-state index >= 15 is 0 Å². The standard InChI is InChI=1S/C15H20N6O/c1-20-7-2-8-21(10-9-20)12-5-3-11(4-6-12)13-14(15(16)22)18-19-17-13/h3-6H,2,7-10H2,1H3,(H2,16,22)(H,17,18,19). The summed E-state index contributed by atoms with van der Waals surface area (Å²) < 4.78 is 0. The zero-order chi connectivity index (χ0) is 15.5. The third-order valence-electron chi connectivity index (χ3n) is 4.01. The van der Waals surface area contributed by atoms with Gasteiger partial charge in [-0.05, 0) is 32.1 Å². The molecule has 1 amide bonds. The average molecular weight is 300 g/mol. The average Bonchev–Trinajstić information content (AvgIpc) is 2.91. The summed E-state index contributed by atoms with van der Waals surface area (Å²) in [4.78, 5) is 16.1. The molecule has 1 aromatic heterocycles. The predicted molar refractivity (Wildman–Crippen MR) is 84.7 cm³/mol. The second-order valence-corrected chi connectivity index (χ2v) is 5.58. The minimum absolute atomic E-state index is 0.171. The highest BCUT2D eigenvalue weighted by Crippen LogP contribution is 2.24. The van der Waals surface area contributed by atoms with Gasteiger partial charge in [0.25, 0.3) is 5.91 Å². The smallest absolute Gasteiger partial charge is 0.271 e. The van der Waals surface area contributed by atoms with Crippen molar-refractivity contribution in [2.75, 3.05) is 38.1 Å². The van der Waals surface area contributed by atoms with E-state index in [1.807, 2.05) is 12.1 Å². The molecule has 0 aliphatic carbocycles. The second kappa shape index (κ2) is 6.15. The lowest BCUT2D eigenvalue weighted by Gasteiger charge is -2.22. The van der Waals surface area contributed by atoms with E-state index in [2.05, 4.69) is 44.4 Å². The number of anilines is 1. The number of nitrogens with two attached hydrogens (primary N) is 1. The van der Waals surface area contributed by atoms with Crippen LogP contribution < -0.4 is 10.6 Å². The molecule has 1 fully saturated rings. The maximum absolute atomic E-state index is 11.3. The SMILES string of the molecule is CN1CCCN(c2ccc(-c3n[nH]nc3C(N)=O)cc2)CC1. The minimum atomic E-state index is -0.580. The van der Waals surface area contributed by atoms with Gasteiger partial charge in [0, 0.05) is 30.9 Å². The molecule has 0 unspecified atom stereocenters. The molecule has 0 atom stereocenters. The van der Waals surface area contributed by atoms with Gasteiger partial charge in [0.05, 0.1) is 0 Å². The van der Waals surface area contributed by atoms with Crippen molar-refractivity contribution >= 4 is 11.6 Å². The van der Waals surface area contributed by atoms with Crippen molar-refractivity contribution < 1.29 is 4.79 Å². The lowest BCUT2D eigenvalue weighted by molar-refractivity contribution is 0.0996. The molecule has 1 aliphatic heterocycles. The Bertz CT molecular complexity index is 650. The number of H-pyrrole nitrogens is 1. The number of hydrogen-bond donors (Lipinski definition) is 2. The number of likely N-dealkylation sites (N-methyl/N-ethyl adjacent to an activating group) is 1. The monoisotopic (exact) mass is 300 g/mol. The normalized spacial score (nSPS) is 16.5. The van der Waals surface area contributed by atoms with Crippen LogP contribution in [0.4, 0.5) is 5.69 Å². The zero-order valence-corrected chi connectivity index (χ0v) is 12.6. The molecule has 7 nitrogen and oxygen atoms in total. The number of nitrogens with zero attached hydrogens (tertiary/aromatic N) is 4. The zero-order valence-electron chi connectivity index (χ0n) is 12.6. The molecule has 2 aromatic rings. The minimum Gasteiger partial charge on any atom is -0.370 e. The molecule has 0 bridgehead atoms. The first-order valence-corrected chi connectivity index (χ1v) is 7.39. The Morgan fingerprint density at radius 1 is 1.14 bits per heavy atom. The lowest BCUT2D eigenvalue weighted by atomic mass is 10.1. The fourth-order valence-corrected chi connectivity index (χ4v) is 2.74. The van der Waals surface area contributed by atoms with Crippen LogP contribution in [0.25, 0.3) is 11.3 Å². The van der Waals surface area contributed by atoms with Gasteiger partial charge in [0.1, 0.15) is 5.69 Å². The van der Waals surface area contributed by atoms with Crippen LogP contribution in [-0.2, 0) is 0 Å². The molecule has 22 heavy (non-hydrogen) atoms. The largest absolute Gasteiger partial charge is 0.370 e. The first kappa shape index (κ1) is 14.5. The summed E-state index contributed by atoms with van der Waals surface area (Å²) in [5.74, 6) is -0.580. The second-order valence-electron chi connectivity index (χ2n) is 5.58. The molecule has 3 rings (SSSR count). The summed E-state index contributed by atoms with van der Waals surface area (Å²) in [6.07, 6.45) is 1.16. The molecule has 0 saturated carbocycles. The van der Waals surface area contributed by atoms with E-state index in [0.29, 0.717) is 5.69 Å². The molecule has 116 valence electrons. The van der Waals surface area contributed by atoms with E-state index in [9.17, 15) is 4.79 Å². The maximum atomic E-state index is 11.3. The molecule has 1 aromatic carbocycles. The summed E-state index contributed by atoms with van der Waals surface area (Å²) in [6, 6.07) is 8.02. The van der Waals surface area contributed by atoms with Crippen LogP contribution >= 0.6 is 0 Å². The number of primary amides is 1. The number of benzene rings is 1. The van der Waals surface area contributed by atoms with Gasteiger partial charge >= 0.3 is 0 Å². The molecule has 2 heterocycles. The van der Waals surface area contributed by atoms with E-state index in [-0.39, 0.29) is 5.69 Å². The third-order valence-corrected chi connectivity index (χ3v) is 4.01. The van der Waals surface area contributed by atoms with Gasteiger partial charge in [-0.15, -0.1) is 0 Å². The maximum Gasteiger partial charge on any atom is 0.271 e. The highest BCUT2D eigenvalue weighted by atomic mass is 16.1. The van der Waals surface area contributed by atoms with Crippen molar-refractivity contribution in [3.8, 4) is 11.3 Å². The predicted octanol–water partition coefficient (Wildman–Crippen LogP) is 0.713. The molecule has 0 spiro atoms. The summed E-state index contributed by atoms with van der Waals surface area (Å²) in [6.45, 7) is 4.28. The molecule has 7 heteroatoms. The van der Waals surface area contributed by atoms with Crippen molar-refractivity contribution in [1.29, 1.82) is 0 Å². The summed E-state index contributed by atoms with van der Waals surface area (Å²) in [7, 11) is 2.16. The van der Waals surface area contributed by atoms with Gasteiger partial charge in [-0.1, -0.05) is 12.1 Å². The van der Waals surface area contributed by atoms with Crippen LogP contribution in [0.5, 0.6) is 0 Å². The number of carbonyl (C=O) groups excluding carboxylic acids is 1. The fraction of sp³-hybridized carbons (Fsp3) is 0.400. The van der Waals surface area contributed by atoms with Crippen molar-refractivity contribution in [3.05, 3.63) is 30.0 Å². The highest BCUT2D eigenvalue weighted by molar-refractivity contribution is 5.96. The van der Waals surface area contributed by atoms with Crippen LogP contribution in [0, 0.1) is 0 Å². The van der Waals surface area contributed by atoms with Gasteiger partial charge in [-0.2, -0.15) is 15.4 Å². The third kappa shape index (κ3) is 2.94. The summed E-state index contributed by atoms with van der Waals surface area (Å²) in [5, 5.41) is 10.3. The lowest BCUT2D eigenvalue weighted by Crippen LogP contribution is -2.28. The van der Waals surface area contributed by atoms with E-state index in [1.54, 1.807) is 0 Å². The molecule has 0 radical (unpaired) electrons. The summed E-state index contributed by atoms with van der Waals surface area (Å²) >= 11 is 0. The Hall–Kier alpha value is -2.41. The topological polar surface area (TPSA) is 91.1 Å². The van der Waals surface area contributed by atoms with Gasteiger partial charge in [-0.25, -0.2) is 0 Å². The van der Waals surface area contributed by atoms with E-state index in [0.717, 1.165) is 38.2 Å². The molecular weight excluding hydrogens is 280 g/mol. The first-order valence-electron chi connectivity index (χ1n) is 7.39. The van der Waals surface area contributed by atoms with Gasteiger partial charge in [0.2, 0.25) is 0 Å². The van der Waals surface area contributed by atoms with Crippen LogP contribution in [0.2, 0.25) is 0 Å². The molecular formula is C15H20N6O. The van der Waals surface area contributed by atoms with Crippen molar-refractivity contribution in [2.24, 2.45) is 5.73 Å². The number of amides is 1. The Morgan fingerprint density at radius 2 is 1.91 bits per heavy atom. The number of carbonyl (C=O) groups is 1.